The fourth-order valence-corrected chi connectivity index (χ4v) is 2.98. The lowest BCUT2D eigenvalue weighted by atomic mass is 10.00. The predicted molar refractivity (Wildman–Crippen MR) is 89.6 cm³/mol. The number of benzene rings is 2. The van der Waals surface area contributed by atoms with Gasteiger partial charge in [-0.1, -0.05) is 42.0 Å². The van der Waals surface area contributed by atoms with Crippen molar-refractivity contribution in [1.82, 2.24) is 5.32 Å². The molecule has 2 aromatic rings. The van der Waals surface area contributed by atoms with E-state index in [2.05, 4.69) is 37.4 Å². The van der Waals surface area contributed by atoms with Crippen molar-refractivity contribution >= 4 is 17.7 Å². The van der Waals surface area contributed by atoms with Crippen LogP contribution in [0.4, 0.5) is 0 Å². The number of amides is 1. The summed E-state index contributed by atoms with van der Waals surface area (Å²) in [6.45, 7) is 6.19. The normalized spacial score (nSPS) is 12.0. The second kappa shape index (κ2) is 7.32. The molecule has 2 nitrogen and oxygen atoms in total. The average molecular weight is 299 g/mol. The van der Waals surface area contributed by atoms with Gasteiger partial charge in [-0.15, -0.1) is 11.8 Å². The van der Waals surface area contributed by atoms with Gasteiger partial charge in [-0.05, 0) is 44.0 Å². The highest BCUT2D eigenvalue weighted by molar-refractivity contribution is 8.00. The van der Waals surface area contributed by atoms with E-state index in [1.54, 1.807) is 11.8 Å². The summed E-state index contributed by atoms with van der Waals surface area (Å²) >= 11 is 1.56. The molecule has 0 aliphatic heterocycles. The van der Waals surface area contributed by atoms with Gasteiger partial charge in [-0.3, -0.25) is 4.79 Å². The van der Waals surface area contributed by atoms with Crippen LogP contribution in [0.25, 0.3) is 0 Å². The fourth-order valence-electron chi connectivity index (χ4n) is 2.25. The highest BCUT2D eigenvalue weighted by Gasteiger charge is 2.12. The van der Waals surface area contributed by atoms with Crippen LogP contribution in [0.1, 0.15) is 29.7 Å². The Morgan fingerprint density at radius 1 is 1.14 bits per heavy atom. The molecule has 0 radical (unpaired) electrons. The summed E-state index contributed by atoms with van der Waals surface area (Å²) in [6.07, 6.45) is 0. The van der Waals surface area contributed by atoms with Crippen molar-refractivity contribution in [3.63, 3.8) is 0 Å². The molecule has 0 aliphatic rings. The van der Waals surface area contributed by atoms with E-state index in [-0.39, 0.29) is 11.9 Å². The van der Waals surface area contributed by atoms with Crippen molar-refractivity contribution < 1.29 is 4.79 Å². The maximum atomic E-state index is 12.1. The zero-order chi connectivity index (χ0) is 15.2. The zero-order valence-corrected chi connectivity index (χ0v) is 13.5. The number of carbonyl (C=O) groups excluding carboxylic acids is 1. The molecule has 3 heteroatoms. The molecule has 1 N–H and O–H groups in total. The van der Waals surface area contributed by atoms with Gasteiger partial charge in [-0.2, -0.15) is 0 Å². The number of hydrogen-bond acceptors (Lipinski definition) is 2. The lowest BCUT2D eigenvalue weighted by Gasteiger charge is -2.17. The number of rotatable bonds is 5. The maximum Gasteiger partial charge on any atom is 0.230 e. The van der Waals surface area contributed by atoms with E-state index in [0.717, 1.165) is 4.90 Å². The van der Waals surface area contributed by atoms with Crippen LogP contribution in [-0.2, 0) is 4.79 Å². The van der Waals surface area contributed by atoms with Crippen LogP contribution in [0.15, 0.2) is 53.4 Å². The van der Waals surface area contributed by atoms with Gasteiger partial charge in [0, 0.05) is 4.90 Å². The van der Waals surface area contributed by atoms with E-state index < -0.39 is 0 Å². The Balaban J connectivity index is 1.91. The van der Waals surface area contributed by atoms with Crippen LogP contribution >= 0.6 is 11.8 Å². The van der Waals surface area contributed by atoms with Gasteiger partial charge in [0.15, 0.2) is 0 Å². The van der Waals surface area contributed by atoms with Gasteiger partial charge in [-0.25, -0.2) is 0 Å². The van der Waals surface area contributed by atoms with Crippen molar-refractivity contribution in [2.75, 3.05) is 5.75 Å². The minimum Gasteiger partial charge on any atom is -0.349 e. The van der Waals surface area contributed by atoms with E-state index >= 15 is 0 Å². The standard InChI is InChI=1S/C18H21NOS/c1-13-9-10-14(2)17(11-13)15(3)19-18(20)12-21-16-7-5-4-6-8-16/h4-11,15H,12H2,1-3H3,(H,19,20)/t15-/m0/s1. The summed E-state index contributed by atoms with van der Waals surface area (Å²) in [7, 11) is 0. The third-order valence-electron chi connectivity index (χ3n) is 3.39. The van der Waals surface area contributed by atoms with Crippen LogP contribution in [-0.4, -0.2) is 11.7 Å². The molecule has 0 heterocycles. The molecule has 2 aromatic carbocycles. The van der Waals surface area contributed by atoms with Crippen LogP contribution in [0.5, 0.6) is 0 Å². The van der Waals surface area contributed by atoms with Gasteiger partial charge >= 0.3 is 0 Å². The molecule has 110 valence electrons. The minimum atomic E-state index is 0.0359. The third kappa shape index (κ3) is 4.64. The van der Waals surface area contributed by atoms with Crippen LogP contribution in [0, 0.1) is 13.8 Å². The molecule has 1 atom stereocenters. The Morgan fingerprint density at radius 2 is 1.86 bits per heavy atom. The summed E-state index contributed by atoms with van der Waals surface area (Å²) in [6, 6.07) is 16.4. The monoisotopic (exact) mass is 299 g/mol. The Labute approximate surface area is 131 Å². The Kier molecular flexibility index (Phi) is 5.45. The van der Waals surface area contributed by atoms with Crippen molar-refractivity contribution in [3.8, 4) is 0 Å². The molecular formula is C18H21NOS. The molecule has 21 heavy (non-hydrogen) atoms. The molecule has 0 spiro atoms. The van der Waals surface area contributed by atoms with E-state index in [4.69, 9.17) is 0 Å². The average Bonchev–Trinajstić information content (AvgIpc) is 2.48. The number of nitrogens with one attached hydrogen (secondary N) is 1. The molecule has 0 saturated carbocycles. The van der Waals surface area contributed by atoms with E-state index in [1.165, 1.54) is 16.7 Å². The van der Waals surface area contributed by atoms with E-state index in [0.29, 0.717) is 5.75 Å². The summed E-state index contributed by atoms with van der Waals surface area (Å²) in [4.78, 5) is 13.2. The molecule has 0 saturated heterocycles. The van der Waals surface area contributed by atoms with E-state index in [9.17, 15) is 4.79 Å². The minimum absolute atomic E-state index is 0.0359. The van der Waals surface area contributed by atoms with E-state index in [1.807, 2.05) is 37.3 Å². The Morgan fingerprint density at radius 3 is 2.57 bits per heavy atom. The molecule has 0 aromatic heterocycles. The molecule has 0 unspecified atom stereocenters. The first-order valence-electron chi connectivity index (χ1n) is 7.10. The molecule has 0 fully saturated rings. The topological polar surface area (TPSA) is 29.1 Å². The third-order valence-corrected chi connectivity index (χ3v) is 4.40. The number of aryl methyl sites for hydroxylation is 2. The molecule has 1 amide bonds. The summed E-state index contributed by atoms with van der Waals surface area (Å²) < 4.78 is 0. The maximum absolute atomic E-state index is 12.1. The highest BCUT2D eigenvalue weighted by Crippen LogP contribution is 2.20. The lowest BCUT2D eigenvalue weighted by molar-refractivity contribution is -0.119. The Hall–Kier alpha value is -1.74. The number of carbonyl (C=O) groups is 1. The first-order chi connectivity index (χ1) is 10.1. The van der Waals surface area contributed by atoms with Crippen LogP contribution in [0.3, 0.4) is 0 Å². The van der Waals surface area contributed by atoms with Crippen LogP contribution < -0.4 is 5.32 Å². The van der Waals surface area contributed by atoms with Crippen molar-refractivity contribution in [1.29, 1.82) is 0 Å². The highest BCUT2D eigenvalue weighted by atomic mass is 32.2. The second-order valence-corrected chi connectivity index (χ2v) is 6.30. The van der Waals surface area contributed by atoms with Crippen molar-refractivity contribution in [3.05, 3.63) is 65.2 Å². The van der Waals surface area contributed by atoms with Crippen molar-refractivity contribution in [2.24, 2.45) is 0 Å². The predicted octanol–water partition coefficient (Wildman–Crippen LogP) is 4.27. The fraction of sp³-hybridized carbons (Fsp3) is 0.278. The van der Waals surface area contributed by atoms with Gasteiger partial charge in [0.2, 0.25) is 5.91 Å². The lowest BCUT2D eigenvalue weighted by Crippen LogP contribution is -2.28. The van der Waals surface area contributed by atoms with Gasteiger partial charge in [0.1, 0.15) is 0 Å². The number of hydrogen-bond donors (Lipinski definition) is 1. The summed E-state index contributed by atoms with van der Waals surface area (Å²) in [5.41, 5.74) is 3.62. The largest absolute Gasteiger partial charge is 0.349 e. The first-order valence-corrected chi connectivity index (χ1v) is 8.09. The van der Waals surface area contributed by atoms with Crippen molar-refractivity contribution in [2.45, 2.75) is 31.7 Å². The van der Waals surface area contributed by atoms with Crippen LogP contribution in [0.2, 0.25) is 0 Å². The van der Waals surface area contributed by atoms with Gasteiger partial charge < -0.3 is 5.32 Å². The van der Waals surface area contributed by atoms with Gasteiger partial charge in [0.25, 0.3) is 0 Å². The SMILES string of the molecule is Cc1ccc(C)c([C@H](C)NC(=O)CSc2ccccc2)c1. The number of thioether (sulfide) groups is 1. The quantitative estimate of drug-likeness (QED) is 0.835. The molecular weight excluding hydrogens is 278 g/mol. The molecule has 0 aliphatic carbocycles. The zero-order valence-electron chi connectivity index (χ0n) is 12.7. The summed E-state index contributed by atoms with van der Waals surface area (Å²) in [5, 5.41) is 3.07. The second-order valence-electron chi connectivity index (χ2n) is 5.25. The van der Waals surface area contributed by atoms with Gasteiger partial charge in [0.05, 0.1) is 11.8 Å². The molecule has 2 rings (SSSR count). The molecule has 0 bridgehead atoms. The Bertz CT molecular complexity index is 610. The summed E-state index contributed by atoms with van der Waals surface area (Å²) in [5.74, 6) is 0.511. The first kappa shape index (κ1) is 15.6. The smallest absolute Gasteiger partial charge is 0.230 e.